The van der Waals surface area contributed by atoms with Gasteiger partial charge in [-0.05, 0) is 18.2 Å². The largest absolute Gasteiger partial charge is 0.432 e. The van der Waals surface area contributed by atoms with Crippen LogP contribution in [-0.2, 0) is 4.79 Å². The molecule has 0 saturated heterocycles. The SMILES string of the molecule is [B]Sc1nc2cc(NC(C)=O)ccc2o1. The summed E-state index contributed by atoms with van der Waals surface area (Å²) in [5.41, 5.74) is 2.02. The van der Waals surface area contributed by atoms with E-state index in [-0.39, 0.29) is 5.91 Å². The summed E-state index contributed by atoms with van der Waals surface area (Å²) in [4.78, 5) is 15.0. The summed E-state index contributed by atoms with van der Waals surface area (Å²) in [5, 5.41) is 3.07. The van der Waals surface area contributed by atoms with E-state index in [0.717, 1.165) is 11.6 Å². The molecule has 15 heavy (non-hydrogen) atoms. The van der Waals surface area contributed by atoms with E-state index in [1.807, 2.05) is 0 Å². The molecule has 0 spiro atoms. The Hall–Kier alpha value is -1.43. The number of aromatic nitrogens is 1. The Bertz CT molecular complexity index is 512. The third-order valence-electron chi connectivity index (χ3n) is 1.79. The van der Waals surface area contributed by atoms with E-state index in [4.69, 9.17) is 11.5 Å². The van der Waals surface area contributed by atoms with Gasteiger partial charge in [-0.15, -0.1) is 11.6 Å². The highest BCUT2D eigenvalue weighted by Gasteiger charge is 2.05. The third kappa shape index (κ3) is 2.15. The molecule has 0 aliphatic rings. The summed E-state index contributed by atoms with van der Waals surface area (Å²) in [7, 11) is 5.32. The number of fused-ring (bicyclic) bond motifs is 1. The van der Waals surface area contributed by atoms with Gasteiger partial charge in [0.1, 0.15) is 5.52 Å². The van der Waals surface area contributed by atoms with Crippen molar-refractivity contribution >= 4 is 41.4 Å². The fourth-order valence-corrected chi connectivity index (χ4v) is 1.53. The fraction of sp³-hybridized carbons (Fsp3) is 0.111. The van der Waals surface area contributed by atoms with Crippen LogP contribution in [-0.4, -0.2) is 18.0 Å². The average molecular weight is 218 g/mol. The topological polar surface area (TPSA) is 55.1 Å². The smallest absolute Gasteiger partial charge is 0.244 e. The lowest BCUT2D eigenvalue weighted by molar-refractivity contribution is -0.114. The molecule has 0 aliphatic heterocycles. The molecule has 6 heteroatoms. The third-order valence-corrected chi connectivity index (χ3v) is 2.17. The second kappa shape index (κ2) is 3.98. The van der Waals surface area contributed by atoms with Gasteiger partial charge in [0.25, 0.3) is 0 Å². The Morgan fingerprint density at radius 3 is 3.07 bits per heavy atom. The molecule has 0 saturated carbocycles. The van der Waals surface area contributed by atoms with Crippen molar-refractivity contribution in [1.82, 2.24) is 4.98 Å². The van der Waals surface area contributed by atoms with E-state index < -0.39 is 0 Å². The molecule has 2 aromatic rings. The molecule has 2 radical (unpaired) electrons. The minimum Gasteiger partial charge on any atom is -0.432 e. The van der Waals surface area contributed by atoms with Crippen molar-refractivity contribution in [3.63, 3.8) is 0 Å². The molecule has 4 nitrogen and oxygen atoms in total. The normalized spacial score (nSPS) is 10.5. The van der Waals surface area contributed by atoms with Crippen LogP contribution in [0.4, 0.5) is 5.69 Å². The summed E-state index contributed by atoms with van der Waals surface area (Å²) in [6.45, 7) is 1.45. The molecular formula is C9H7BN2O2S. The molecule has 74 valence electrons. The number of carbonyl (C=O) groups is 1. The van der Waals surface area contributed by atoms with Gasteiger partial charge in [-0.25, -0.2) is 4.98 Å². The van der Waals surface area contributed by atoms with E-state index in [1.165, 1.54) is 6.92 Å². The van der Waals surface area contributed by atoms with Gasteiger partial charge >= 0.3 is 0 Å². The van der Waals surface area contributed by atoms with Crippen molar-refractivity contribution in [1.29, 1.82) is 0 Å². The van der Waals surface area contributed by atoms with Gasteiger partial charge in [0, 0.05) is 12.6 Å². The molecular weight excluding hydrogens is 211 g/mol. The van der Waals surface area contributed by atoms with Crippen LogP contribution in [0.1, 0.15) is 6.92 Å². The maximum atomic E-state index is 10.8. The van der Waals surface area contributed by atoms with E-state index in [2.05, 4.69) is 10.3 Å². The first-order valence-electron chi connectivity index (χ1n) is 4.24. The maximum absolute atomic E-state index is 10.8. The molecule has 1 N–H and O–H groups in total. The number of anilines is 1. The molecule has 1 amide bonds. The van der Waals surface area contributed by atoms with Gasteiger partial charge in [0.15, 0.2) is 12.7 Å². The van der Waals surface area contributed by atoms with Crippen molar-refractivity contribution in [2.75, 3.05) is 5.32 Å². The fourth-order valence-electron chi connectivity index (χ4n) is 1.24. The number of rotatable bonds is 2. The van der Waals surface area contributed by atoms with Gasteiger partial charge in [0.2, 0.25) is 11.1 Å². The first kappa shape index (κ1) is 10.1. The van der Waals surface area contributed by atoms with Gasteiger partial charge in [0.05, 0.1) is 0 Å². The highest BCUT2D eigenvalue weighted by Crippen LogP contribution is 2.23. The van der Waals surface area contributed by atoms with Crippen LogP contribution >= 0.6 is 11.6 Å². The molecule has 0 atom stereocenters. The predicted octanol–water partition coefficient (Wildman–Crippen LogP) is 1.96. The van der Waals surface area contributed by atoms with Crippen LogP contribution in [0, 0.1) is 0 Å². The zero-order valence-electron chi connectivity index (χ0n) is 7.98. The number of nitrogens with zero attached hydrogens (tertiary/aromatic N) is 1. The summed E-state index contributed by atoms with van der Waals surface area (Å²) >= 11 is 0.949. The highest BCUT2D eigenvalue weighted by molar-refractivity contribution is 8.19. The maximum Gasteiger partial charge on any atom is 0.244 e. The van der Waals surface area contributed by atoms with Crippen molar-refractivity contribution in [3.05, 3.63) is 18.2 Å². The number of nitrogens with one attached hydrogen (secondary N) is 1. The average Bonchev–Trinajstić information content (AvgIpc) is 2.58. The Balaban J connectivity index is 2.41. The first-order chi connectivity index (χ1) is 7.19. The molecule has 0 aliphatic carbocycles. The van der Waals surface area contributed by atoms with Gasteiger partial charge in [-0.3, -0.25) is 4.79 Å². The minimum absolute atomic E-state index is 0.119. The van der Waals surface area contributed by atoms with E-state index in [9.17, 15) is 4.79 Å². The molecule has 0 bridgehead atoms. The van der Waals surface area contributed by atoms with Crippen molar-refractivity contribution in [2.24, 2.45) is 0 Å². The van der Waals surface area contributed by atoms with Crippen LogP contribution in [0.25, 0.3) is 11.1 Å². The van der Waals surface area contributed by atoms with Gasteiger partial charge in [-0.2, -0.15) is 0 Å². The second-order valence-corrected chi connectivity index (χ2v) is 3.55. The number of hydrogen-bond donors (Lipinski definition) is 1. The monoisotopic (exact) mass is 218 g/mol. The molecule has 1 heterocycles. The Labute approximate surface area is 91.7 Å². The van der Waals surface area contributed by atoms with Crippen molar-refractivity contribution in [2.45, 2.75) is 12.1 Å². The number of carbonyl (C=O) groups excluding carboxylic acids is 1. The van der Waals surface area contributed by atoms with Crippen LogP contribution in [0.3, 0.4) is 0 Å². The Morgan fingerprint density at radius 2 is 2.40 bits per heavy atom. The molecule has 1 aromatic carbocycles. The van der Waals surface area contributed by atoms with Gasteiger partial charge in [-0.1, -0.05) is 0 Å². The number of amides is 1. The molecule has 0 fully saturated rings. The zero-order valence-corrected chi connectivity index (χ0v) is 8.80. The quantitative estimate of drug-likeness (QED) is 0.782. The number of benzene rings is 1. The minimum atomic E-state index is -0.119. The first-order valence-corrected chi connectivity index (χ1v) is 5.12. The summed E-state index contributed by atoms with van der Waals surface area (Å²) in [6.07, 6.45) is 0. The van der Waals surface area contributed by atoms with E-state index >= 15 is 0 Å². The summed E-state index contributed by atoms with van der Waals surface area (Å²) < 4.78 is 5.29. The summed E-state index contributed by atoms with van der Waals surface area (Å²) in [5.74, 6) is -0.119. The van der Waals surface area contributed by atoms with Gasteiger partial charge < -0.3 is 9.73 Å². The van der Waals surface area contributed by atoms with Crippen LogP contribution in [0.2, 0.25) is 0 Å². The van der Waals surface area contributed by atoms with Crippen LogP contribution in [0.5, 0.6) is 0 Å². The lowest BCUT2D eigenvalue weighted by Gasteiger charge is -1.99. The molecule has 2 rings (SSSR count). The number of hydrogen-bond acceptors (Lipinski definition) is 4. The highest BCUT2D eigenvalue weighted by atomic mass is 32.2. The lowest BCUT2D eigenvalue weighted by atomic mass is 10.3. The zero-order chi connectivity index (χ0) is 10.8. The predicted molar refractivity (Wildman–Crippen MR) is 59.9 cm³/mol. The lowest BCUT2D eigenvalue weighted by Crippen LogP contribution is -2.05. The second-order valence-electron chi connectivity index (χ2n) is 2.96. The van der Waals surface area contributed by atoms with Crippen molar-refractivity contribution < 1.29 is 9.21 Å². The summed E-state index contributed by atoms with van der Waals surface area (Å²) in [6, 6.07) is 5.23. The van der Waals surface area contributed by atoms with Crippen molar-refractivity contribution in [3.8, 4) is 0 Å². The van der Waals surface area contributed by atoms with E-state index in [1.54, 1.807) is 18.2 Å². The molecule has 0 unspecified atom stereocenters. The standard InChI is InChI=1S/C9H7BN2O2S/c1-5(13)11-6-2-3-8-7(4-6)12-9(14-8)15-10/h2-4H,1H3,(H,11,13). The number of oxazole rings is 1. The Kier molecular flexibility index (Phi) is 2.68. The van der Waals surface area contributed by atoms with Crippen LogP contribution in [0.15, 0.2) is 27.8 Å². The van der Waals surface area contributed by atoms with E-state index in [0.29, 0.717) is 22.0 Å². The van der Waals surface area contributed by atoms with Crippen LogP contribution < -0.4 is 5.32 Å². The Morgan fingerprint density at radius 1 is 1.60 bits per heavy atom. The molecule has 1 aromatic heterocycles.